The monoisotopic (exact) mass is 526 g/mol. The molecule has 4 rings (SSSR count). The molecule has 180 valence electrons. The van der Waals surface area contributed by atoms with Gasteiger partial charge in [0.1, 0.15) is 6.33 Å². The number of fused-ring (bicyclic) bond motifs is 1. The molecule has 1 aromatic heterocycles. The number of aryl methyl sites for hydroxylation is 2. The van der Waals surface area contributed by atoms with Crippen LogP contribution in [-0.4, -0.2) is 54.7 Å². The third-order valence-electron chi connectivity index (χ3n) is 6.19. The standard InChI is InChI=1S/C25H31BrN6O2/c1-15-9-18(26)10-16(2)23(15)30-25(27)31-24-19-11-21(33-4)22(12-20(19)28-14-29-24)34-13-17-5-7-32(3)8-6-17/h9-12,14,17H,5-8,13H2,1-4H3,(H3,27,28,29,30,31). The summed E-state index contributed by atoms with van der Waals surface area (Å²) < 4.78 is 12.8. The number of hydrogen-bond acceptors (Lipinski definition) is 6. The van der Waals surface area contributed by atoms with Crippen LogP contribution in [0.4, 0.5) is 11.5 Å². The highest BCUT2D eigenvalue weighted by Crippen LogP contribution is 2.35. The number of nitrogens with two attached hydrogens (primary N) is 1. The highest BCUT2D eigenvalue weighted by molar-refractivity contribution is 9.10. The molecule has 1 saturated heterocycles. The number of aliphatic imine (C=N–C) groups is 1. The van der Waals surface area contributed by atoms with E-state index in [-0.39, 0.29) is 5.96 Å². The molecule has 8 nitrogen and oxygen atoms in total. The van der Waals surface area contributed by atoms with E-state index in [2.05, 4.69) is 48.2 Å². The number of aromatic nitrogens is 2. The van der Waals surface area contributed by atoms with E-state index in [1.54, 1.807) is 7.11 Å². The molecule has 0 radical (unpaired) electrons. The zero-order chi connectivity index (χ0) is 24.2. The summed E-state index contributed by atoms with van der Waals surface area (Å²) in [4.78, 5) is 15.7. The highest BCUT2D eigenvalue weighted by Gasteiger charge is 2.19. The third kappa shape index (κ3) is 5.59. The minimum absolute atomic E-state index is 0.245. The van der Waals surface area contributed by atoms with Crippen molar-refractivity contribution in [2.24, 2.45) is 16.6 Å². The van der Waals surface area contributed by atoms with E-state index < -0.39 is 0 Å². The zero-order valence-corrected chi connectivity index (χ0v) is 21.6. The Labute approximate surface area is 208 Å². The fourth-order valence-corrected chi connectivity index (χ4v) is 4.91. The molecule has 9 heteroatoms. The molecule has 3 N–H and O–H groups in total. The summed E-state index contributed by atoms with van der Waals surface area (Å²) in [6, 6.07) is 7.80. The molecule has 0 saturated carbocycles. The maximum atomic E-state index is 6.25. The SMILES string of the molecule is COc1cc2c(N=C(N)Nc3c(C)cc(Br)cc3C)ncnc2cc1OCC1CCN(C)CC1. The lowest BCUT2D eigenvalue weighted by Gasteiger charge is -2.28. The Bertz CT molecular complexity index is 1180. The van der Waals surface area contributed by atoms with Crippen molar-refractivity contribution in [3.8, 4) is 11.5 Å². The van der Waals surface area contributed by atoms with E-state index >= 15 is 0 Å². The van der Waals surface area contributed by atoms with E-state index in [1.165, 1.54) is 6.33 Å². The van der Waals surface area contributed by atoms with Crippen LogP contribution in [0.25, 0.3) is 10.9 Å². The molecule has 2 aromatic carbocycles. The normalized spacial score (nSPS) is 15.5. The number of nitrogens with one attached hydrogen (secondary N) is 1. The number of rotatable bonds is 6. The molecule has 1 aliphatic heterocycles. The Morgan fingerprint density at radius 1 is 1.15 bits per heavy atom. The fraction of sp³-hybridized carbons (Fsp3) is 0.400. The highest BCUT2D eigenvalue weighted by atomic mass is 79.9. The first-order chi connectivity index (χ1) is 16.3. The van der Waals surface area contributed by atoms with Gasteiger partial charge >= 0.3 is 0 Å². The molecule has 0 unspecified atom stereocenters. The summed E-state index contributed by atoms with van der Waals surface area (Å²) >= 11 is 3.52. The van der Waals surface area contributed by atoms with Gasteiger partial charge in [-0.05, 0) is 82.1 Å². The smallest absolute Gasteiger partial charge is 0.199 e. The van der Waals surface area contributed by atoms with Crippen molar-refractivity contribution in [1.82, 2.24) is 14.9 Å². The quantitative estimate of drug-likeness (QED) is 0.351. The molecule has 0 amide bonds. The molecule has 0 aliphatic carbocycles. The number of piperidine rings is 1. The Balaban J connectivity index is 1.58. The Morgan fingerprint density at radius 3 is 2.53 bits per heavy atom. The second-order valence-electron chi connectivity index (χ2n) is 8.81. The fourth-order valence-electron chi connectivity index (χ4n) is 4.23. The lowest BCUT2D eigenvalue weighted by atomic mass is 9.98. The summed E-state index contributed by atoms with van der Waals surface area (Å²) in [7, 11) is 3.79. The van der Waals surface area contributed by atoms with E-state index in [0.717, 1.165) is 58.1 Å². The van der Waals surface area contributed by atoms with Gasteiger partial charge in [-0.1, -0.05) is 15.9 Å². The van der Waals surface area contributed by atoms with Gasteiger partial charge in [-0.3, -0.25) is 0 Å². The lowest BCUT2D eigenvalue weighted by molar-refractivity contribution is 0.157. The van der Waals surface area contributed by atoms with Gasteiger partial charge in [-0.15, -0.1) is 0 Å². The van der Waals surface area contributed by atoms with Crippen LogP contribution >= 0.6 is 15.9 Å². The minimum Gasteiger partial charge on any atom is -0.493 e. The number of halogens is 1. The van der Waals surface area contributed by atoms with Crippen molar-refractivity contribution < 1.29 is 9.47 Å². The van der Waals surface area contributed by atoms with Crippen molar-refractivity contribution in [2.45, 2.75) is 26.7 Å². The average Bonchev–Trinajstić information content (AvgIpc) is 2.80. The van der Waals surface area contributed by atoms with Crippen LogP contribution in [0.1, 0.15) is 24.0 Å². The molecule has 1 fully saturated rings. The maximum absolute atomic E-state index is 6.25. The summed E-state index contributed by atoms with van der Waals surface area (Å²) in [6.45, 7) is 6.91. The number of methoxy groups -OCH3 is 1. The number of benzene rings is 2. The molecule has 0 atom stereocenters. The molecule has 34 heavy (non-hydrogen) atoms. The van der Waals surface area contributed by atoms with Crippen molar-refractivity contribution in [3.05, 3.63) is 46.2 Å². The van der Waals surface area contributed by atoms with Crippen molar-refractivity contribution in [2.75, 3.05) is 39.2 Å². The van der Waals surface area contributed by atoms with Gasteiger partial charge in [0.15, 0.2) is 23.3 Å². The average molecular weight is 527 g/mol. The zero-order valence-electron chi connectivity index (χ0n) is 20.1. The minimum atomic E-state index is 0.245. The molecular formula is C25H31BrN6O2. The lowest BCUT2D eigenvalue weighted by Crippen LogP contribution is -2.32. The van der Waals surface area contributed by atoms with Crippen molar-refractivity contribution >= 4 is 44.3 Å². The van der Waals surface area contributed by atoms with Gasteiger partial charge in [-0.2, -0.15) is 4.99 Å². The second-order valence-corrected chi connectivity index (χ2v) is 9.73. The van der Waals surface area contributed by atoms with Gasteiger partial charge in [0.25, 0.3) is 0 Å². The summed E-state index contributed by atoms with van der Waals surface area (Å²) in [5, 5.41) is 3.94. The second kappa shape index (κ2) is 10.6. The Kier molecular flexibility index (Phi) is 7.53. The first-order valence-corrected chi connectivity index (χ1v) is 12.2. The maximum Gasteiger partial charge on any atom is 0.199 e. The van der Waals surface area contributed by atoms with Crippen molar-refractivity contribution in [3.63, 3.8) is 0 Å². The number of likely N-dealkylation sites (tertiary alicyclic amines) is 1. The molecule has 3 aromatic rings. The van der Waals surface area contributed by atoms with Gasteiger partial charge in [-0.25, -0.2) is 9.97 Å². The molecule has 0 spiro atoms. The Morgan fingerprint density at radius 2 is 1.85 bits per heavy atom. The molecule has 1 aliphatic rings. The number of ether oxygens (including phenoxy) is 2. The molecule has 0 bridgehead atoms. The summed E-state index contributed by atoms with van der Waals surface area (Å²) in [5.74, 6) is 2.55. The van der Waals surface area contributed by atoms with E-state index in [1.807, 2.05) is 38.1 Å². The van der Waals surface area contributed by atoms with Crippen LogP contribution < -0.4 is 20.5 Å². The van der Waals surface area contributed by atoms with E-state index in [0.29, 0.717) is 29.8 Å². The summed E-state index contributed by atoms with van der Waals surface area (Å²) in [6.07, 6.45) is 3.76. The first-order valence-electron chi connectivity index (χ1n) is 11.4. The van der Waals surface area contributed by atoms with Gasteiger partial charge in [0.2, 0.25) is 0 Å². The predicted molar refractivity (Wildman–Crippen MR) is 140 cm³/mol. The van der Waals surface area contributed by atoms with Crippen molar-refractivity contribution in [1.29, 1.82) is 0 Å². The number of guanidine groups is 1. The van der Waals surface area contributed by atoms with Gasteiger partial charge in [0.05, 0.1) is 19.2 Å². The number of nitrogens with zero attached hydrogens (tertiary/aromatic N) is 4. The van der Waals surface area contributed by atoms with Crippen LogP contribution in [0, 0.1) is 19.8 Å². The number of hydrogen-bond donors (Lipinski definition) is 2. The van der Waals surface area contributed by atoms with Gasteiger partial charge in [0, 0.05) is 21.6 Å². The molecular weight excluding hydrogens is 496 g/mol. The van der Waals surface area contributed by atoms with Crippen LogP contribution in [0.2, 0.25) is 0 Å². The predicted octanol–water partition coefficient (Wildman–Crippen LogP) is 4.80. The van der Waals surface area contributed by atoms with Crippen LogP contribution in [0.5, 0.6) is 11.5 Å². The Hall–Kier alpha value is -2.91. The van der Waals surface area contributed by atoms with E-state index in [9.17, 15) is 0 Å². The van der Waals surface area contributed by atoms with Crippen LogP contribution in [-0.2, 0) is 0 Å². The van der Waals surface area contributed by atoms with Crippen LogP contribution in [0.15, 0.2) is 40.1 Å². The topological polar surface area (TPSA) is 97.9 Å². The largest absolute Gasteiger partial charge is 0.493 e. The molecule has 2 heterocycles. The van der Waals surface area contributed by atoms with Crippen LogP contribution in [0.3, 0.4) is 0 Å². The van der Waals surface area contributed by atoms with Gasteiger partial charge < -0.3 is 25.4 Å². The van der Waals surface area contributed by atoms with E-state index in [4.69, 9.17) is 15.2 Å². The third-order valence-corrected chi connectivity index (χ3v) is 6.65. The summed E-state index contributed by atoms with van der Waals surface area (Å²) in [5.41, 5.74) is 10.0. The number of anilines is 1. The first kappa shape index (κ1) is 24.2.